The van der Waals surface area contributed by atoms with Crippen LogP contribution in [0.15, 0.2) is 29.2 Å². The molecule has 1 fully saturated rings. The second-order valence-corrected chi connectivity index (χ2v) is 7.94. The number of carbonyl (C=O) groups excluding carboxylic acids is 1. The lowest BCUT2D eigenvalue weighted by Crippen LogP contribution is -2.39. The minimum Gasteiger partial charge on any atom is -0.339 e. The normalized spacial score (nSPS) is 16.7. The number of hydrogen-bond acceptors (Lipinski definition) is 4. The molecule has 0 saturated carbocycles. The van der Waals surface area contributed by atoms with Crippen molar-refractivity contribution < 1.29 is 13.2 Å². The number of nitrogens with zero attached hydrogens (tertiary/aromatic N) is 1. The van der Waals surface area contributed by atoms with E-state index in [4.69, 9.17) is 0 Å². The highest BCUT2D eigenvalue weighted by Gasteiger charge is 2.23. The first kappa shape index (κ1) is 17.0. The molecule has 5 nitrogen and oxygen atoms in total. The Hall–Kier alpha value is -1.40. The molecule has 1 saturated heterocycles. The molecule has 1 aliphatic rings. The van der Waals surface area contributed by atoms with Gasteiger partial charge in [-0.2, -0.15) is 0 Å². The monoisotopic (exact) mass is 324 g/mol. The van der Waals surface area contributed by atoms with Gasteiger partial charge in [0.05, 0.1) is 4.90 Å². The number of carbonyl (C=O) groups is 1. The molecule has 0 radical (unpaired) electrons. The van der Waals surface area contributed by atoms with Crippen LogP contribution in [-0.4, -0.2) is 52.2 Å². The van der Waals surface area contributed by atoms with E-state index < -0.39 is 9.84 Å². The van der Waals surface area contributed by atoms with E-state index in [1.54, 1.807) is 12.1 Å². The van der Waals surface area contributed by atoms with Gasteiger partial charge in [-0.1, -0.05) is 6.07 Å². The van der Waals surface area contributed by atoms with Crippen LogP contribution in [0.2, 0.25) is 0 Å². The molecule has 0 aromatic heterocycles. The first-order chi connectivity index (χ1) is 10.4. The van der Waals surface area contributed by atoms with Crippen molar-refractivity contribution in [2.75, 3.05) is 32.9 Å². The highest BCUT2D eigenvalue weighted by Crippen LogP contribution is 2.22. The third kappa shape index (κ3) is 4.30. The van der Waals surface area contributed by atoms with Crippen molar-refractivity contribution in [3.63, 3.8) is 0 Å². The summed E-state index contributed by atoms with van der Waals surface area (Å²) in [6.45, 7) is 2.50. The van der Waals surface area contributed by atoms with E-state index in [0.29, 0.717) is 11.5 Å². The number of likely N-dealkylation sites (tertiary alicyclic amines) is 1. The van der Waals surface area contributed by atoms with Crippen molar-refractivity contribution in [3.8, 4) is 0 Å². The Balaban J connectivity index is 2.01. The number of amides is 1. The smallest absolute Gasteiger partial charge is 0.253 e. The van der Waals surface area contributed by atoms with E-state index in [0.717, 1.165) is 45.2 Å². The number of benzene rings is 1. The molecular formula is C16H24N2O3S. The number of nitrogens with one attached hydrogen (secondary N) is 1. The molecule has 0 unspecified atom stereocenters. The van der Waals surface area contributed by atoms with Crippen molar-refractivity contribution in [1.29, 1.82) is 0 Å². The SMILES string of the molecule is CNCCC1CCN(C(=O)c2cccc(S(C)(=O)=O)c2)CC1. The lowest BCUT2D eigenvalue weighted by Gasteiger charge is -2.32. The molecule has 0 spiro atoms. The summed E-state index contributed by atoms with van der Waals surface area (Å²) in [6, 6.07) is 6.31. The molecule has 122 valence electrons. The zero-order valence-corrected chi connectivity index (χ0v) is 14.0. The summed E-state index contributed by atoms with van der Waals surface area (Å²) < 4.78 is 23.2. The van der Waals surface area contributed by atoms with Gasteiger partial charge >= 0.3 is 0 Å². The number of piperidine rings is 1. The van der Waals surface area contributed by atoms with Crippen LogP contribution in [0.25, 0.3) is 0 Å². The van der Waals surface area contributed by atoms with E-state index in [2.05, 4.69) is 5.32 Å². The van der Waals surface area contributed by atoms with Gasteiger partial charge in [0.15, 0.2) is 9.84 Å². The van der Waals surface area contributed by atoms with Crippen molar-refractivity contribution >= 4 is 15.7 Å². The first-order valence-corrected chi connectivity index (χ1v) is 9.55. The minimum atomic E-state index is -3.29. The molecule has 0 aliphatic carbocycles. The average Bonchev–Trinajstić information content (AvgIpc) is 2.52. The first-order valence-electron chi connectivity index (χ1n) is 7.66. The summed E-state index contributed by atoms with van der Waals surface area (Å²) in [5.74, 6) is 0.594. The predicted molar refractivity (Wildman–Crippen MR) is 86.7 cm³/mol. The molecule has 1 N–H and O–H groups in total. The number of rotatable bonds is 5. The van der Waals surface area contributed by atoms with Crippen LogP contribution >= 0.6 is 0 Å². The van der Waals surface area contributed by atoms with Gasteiger partial charge in [0.1, 0.15) is 0 Å². The standard InChI is InChI=1S/C16H24N2O3S/c1-17-9-6-13-7-10-18(11-8-13)16(19)14-4-3-5-15(12-14)22(2,20)21/h3-5,12-13,17H,6-11H2,1-2H3. The molecule has 1 aromatic carbocycles. The van der Waals surface area contributed by atoms with Crippen LogP contribution < -0.4 is 5.32 Å². The molecule has 0 atom stereocenters. The van der Waals surface area contributed by atoms with Crippen LogP contribution in [0.4, 0.5) is 0 Å². The van der Waals surface area contributed by atoms with Crippen molar-refractivity contribution in [2.45, 2.75) is 24.2 Å². The van der Waals surface area contributed by atoms with Crippen LogP contribution in [0.5, 0.6) is 0 Å². The van der Waals surface area contributed by atoms with E-state index in [9.17, 15) is 13.2 Å². The Kier molecular flexibility index (Phi) is 5.58. The van der Waals surface area contributed by atoms with Gasteiger partial charge in [0.25, 0.3) is 5.91 Å². The summed E-state index contributed by atoms with van der Waals surface area (Å²) in [4.78, 5) is 14.5. The fourth-order valence-corrected chi connectivity index (χ4v) is 3.48. The Morgan fingerprint density at radius 1 is 1.32 bits per heavy atom. The molecule has 2 rings (SSSR count). The highest BCUT2D eigenvalue weighted by molar-refractivity contribution is 7.90. The topological polar surface area (TPSA) is 66.5 Å². The maximum atomic E-state index is 12.5. The highest BCUT2D eigenvalue weighted by atomic mass is 32.2. The van der Waals surface area contributed by atoms with Crippen molar-refractivity contribution in [2.24, 2.45) is 5.92 Å². The van der Waals surface area contributed by atoms with Gasteiger partial charge in [-0.25, -0.2) is 8.42 Å². The molecular weight excluding hydrogens is 300 g/mol. The fraction of sp³-hybridized carbons (Fsp3) is 0.562. The predicted octanol–water partition coefficient (Wildman–Crippen LogP) is 1.55. The van der Waals surface area contributed by atoms with E-state index in [1.165, 1.54) is 12.1 Å². The third-order valence-corrected chi connectivity index (χ3v) is 5.32. The Labute approximate surface area is 132 Å². The quantitative estimate of drug-likeness (QED) is 0.892. The maximum absolute atomic E-state index is 12.5. The van der Waals surface area contributed by atoms with Gasteiger partial charge in [-0.15, -0.1) is 0 Å². The zero-order chi connectivity index (χ0) is 16.2. The van der Waals surface area contributed by atoms with Crippen LogP contribution in [0.3, 0.4) is 0 Å². The number of hydrogen-bond donors (Lipinski definition) is 1. The molecule has 1 heterocycles. The van der Waals surface area contributed by atoms with Crippen LogP contribution in [-0.2, 0) is 9.84 Å². The van der Waals surface area contributed by atoms with Crippen LogP contribution in [0, 0.1) is 5.92 Å². The maximum Gasteiger partial charge on any atom is 0.253 e. The second kappa shape index (κ2) is 7.24. The average molecular weight is 324 g/mol. The van der Waals surface area contributed by atoms with Crippen molar-refractivity contribution in [3.05, 3.63) is 29.8 Å². The summed E-state index contributed by atoms with van der Waals surface area (Å²) in [7, 11) is -1.33. The molecule has 6 heteroatoms. The third-order valence-electron chi connectivity index (χ3n) is 4.21. The fourth-order valence-electron chi connectivity index (χ4n) is 2.82. The lowest BCUT2D eigenvalue weighted by atomic mass is 9.93. The second-order valence-electron chi connectivity index (χ2n) is 5.93. The summed E-state index contributed by atoms with van der Waals surface area (Å²) >= 11 is 0. The van der Waals surface area contributed by atoms with Crippen molar-refractivity contribution in [1.82, 2.24) is 10.2 Å². The Morgan fingerprint density at radius 3 is 2.59 bits per heavy atom. The van der Waals surface area contributed by atoms with E-state index in [1.807, 2.05) is 11.9 Å². The molecule has 1 aliphatic heterocycles. The molecule has 22 heavy (non-hydrogen) atoms. The zero-order valence-electron chi connectivity index (χ0n) is 13.2. The molecule has 1 aromatic rings. The van der Waals surface area contributed by atoms with Gasteiger partial charge in [0, 0.05) is 24.9 Å². The van der Waals surface area contributed by atoms with Gasteiger partial charge in [-0.3, -0.25) is 4.79 Å². The molecule has 0 bridgehead atoms. The summed E-state index contributed by atoms with van der Waals surface area (Å²) in [5, 5.41) is 3.16. The number of sulfone groups is 1. The minimum absolute atomic E-state index is 0.0717. The van der Waals surface area contributed by atoms with Gasteiger partial charge in [0.2, 0.25) is 0 Å². The van der Waals surface area contributed by atoms with E-state index in [-0.39, 0.29) is 10.8 Å². The largest absolute Gasteiger partial charge is 0.339 e. The summed E-state index contributed by atoms with van der Waals surface area (Å²) in [6.07, 6.45) is 4.32. The molecule has 1 amide bonds. The summed E-state index contributed by atoms with van der Waals surface area (Å²) in [5.41, 5.74) is 0.455. The van der Waals surface area contributed by atoms with Gasteiger partial charge < -0.3 is 10.2 Å². The van der Waals surface area contributed by atoms with Gasteiger partial charge in [-0.05, 0) is 57.0 Å². The van der Waals surface area contributed by atoms with Crippen LogP contribution in [0.1, 0.15) is 29.6 Å². The van der Waals surface area contributed by atoms with E-state index >= 15 is 0 Å². The Bertz CT molecular complexity index is 620. The lowest BCUT2D eigenvalue weighted by molar-refractivity contribution is 0.0687. The Morgan fingerprint density at radius 2 is 2.00 bits per heavy atom.